The molecule has 0 bridgehead atoms. The molecule has 1 aromatic carbocycles. The zero-order valence-electron chi connectivity index (χ0n) is 17.0. The maximum atomic E-state index is 13.3. The summed E-state index contributed by atoms with van der Waals surface area (Å²) in [6.45, 7) is 5.90. The zero-order valence-corrected chi connectivity index (χ0v) is 18.0. The number of rotatable bonds is 5. The zero-order chi connectivity index (χ0) is 20.7. The number of methoxy groups -OCH3 is 2. The fourth-order valence-corrected chi connectivity index (χ4v) is 7.14. The maximum Gasteiger partial charge on any atom is 0.342 e. The van der Waals surface area contributed by atoms with Crippen LogP contribution in [0.3, 0.4) is 0 Å². The molecule has 0 N–H and O–H groups in total. The molecule has 2 heterocycles. The van der Waals surface area contributed by atoms with Crippen LogP contribution in [0.1, 0.15) is 18.9 Å². The van der Waals surface area contributed by atoms with Gasteiger partial charge in [0, 0.05) is 6.54 Å². The van der Waals surface area contributed by atoms with Crippen molar-refractivity contribution in [3.63, 3.8) is 0 Å². The van der Waals surface area contributed by atoms with E-state index < -0.39 is 31.3 Å². The average Bonchev–Trinajstić information content (AvgIpc) is 2.84. The second-order valence-corrected chi connectivity index (χ2v) is 12.4. The van der Waals surface area contributed by atoms with Crippen molar-refractivity contribution < 1.29 is 28.3 Å². The Labute approximate surface area is 166 Å². The number of aldehydes is 1. The predicted octanol–water partition coefficient (Wildman–Crippen LogP) is 2.15. The Kier molecular flexibility index (Phi) is 5.14. The van der Waals surface area contributed by atoms with Gasteiger partial charge in [0.25, 0.3) is 0 Å². The van der Waals surface area contributed by atoms with E-state index in [1.165, 1.54) is 12.0 Å². The van der Waals surface area contributed by atoms with E-state index in [2.05, 4.69) is 0 Å². The van der Waals surface area contributed by atoms with Crippen LogP contribution >= 0.6 is 0 Å². The maximum absolute atomic E-state index is 13.3. The van der Waals surface area contributed by atoms with Gasteiger partial charge in [-0.1, -0.05) is 12.1 Å². The minimum Gasteiger partial charge on any atom is -0.497 e. The third-order valence-corrected chi connectivity index (χ3v) is 8.57. The third kappa shape index (κ3) is 2.86. The molecule has 3 rings (SSSR count). The molecule has 28 heavy (non-hydrogen) atoms. The minimum atomic E-state index is -2.14. The first-order valence-electron chi connectivity index (χ1n) is 9.34. The molecule has 1 amide bonds. The summed E-state index contributed by atoms with van der Waals surface area (Å²) in [7, 11) is 0.661. The molecule has 2 aliphatic rings. The van der Waals surface area contributed by atoms with Gasteiger partial charge in [0.05, 0.1) is 20.1 Å². The van der Waals surface area contributed by atoms with Crippen LogP contribution in [0.25, 0.3) is 0 Å². The number of likely N-dealkylation sites (tertiary alicyclic amines) is 1. The quantitative estimate of drug-likeness (QED) is 0.323. The summed E-state index contributed by atoms with van der Waals surface area (Å²) in [5, 5.41) is 0. The van der Waals surface area contributed by atoms with Crippen LogP contribution in [0.5, 0.6) is 5.75 Å². The molecule has 1 aromatic rings. The molecule has 0 spiro atoms. The molecule has 152 valence electrons. The van der Waals surface area contributed by atoms with E-state index in [0.29, 0.717) is 18.5 Å². The highest BCUT2D eigenvalue weighted by Gasteiger charge is 2.73. The standard InChI is InChI=1S/C20H27NO6Si/c1-19-16(10-11-28(4,5)27-19)17(23)21(20(19,13-22)18(24)26-3)12-14-6-8-15(25-2)9-7-14/h6-9,13,16H,10-12H2,1-5H3/t16-,19-,20+/m0/s1. The number of fused-ring (bicyclic) bond motifs is 1. The Morgan fingerprint density at radius 2 is 1.96 bits per heavy atom. The lowest BCUT2D eigenvalue weighted by Crippen LogP contribution is -2.69. The van der Waals surface area contributed by atoms with Gasteiger partial charge in [0.15, 0.2) is 14.6 Å². The molecule has 0 saturated carbocycles. The second kappa shape index (κ2) is 7.00. The molecule has 7 nitrogen and oxygen atoms in total. The normalized spacial score (nSPS) is 31.2. The van der Waals surface area contributed by atoms with Gasteiger partial charge in [-0.25, -0.2) is 4.79 Å². The molecule has 8 heteroatoms. The number of amides is 1. The number of ether oxygens (including phenoxy) is 2. The van der Waals surface area contributed by atoms with Gasteiger partial charge >= 0.3 is 5.97 Å². The molecular weight excluding hydrogens is 378 g/mol. The number of esters is 1. The highest BCUT2D eigenvalue weighted by molar-refractivity contribution is 6.71. The van der Waals surface area contributed by atoms with Crippen molar-refractivity contribution in [1.29, 1.82) is 0 Å². The Morgan fingerprint density at radius 1 is 1.32 bits per heavy atom. The van der Waals surface area contributed by atoms with E-state index in [1.807, 2.05) is 25.2 Å². The Bertz CT molecular complexity index is 794. The molecule has 0 aliphatic carbocycles. The summed E-state index contributed by atoms with van der Waals surface area (Å²) >= 11 is 0. The van der Waals surface area contributed by atoms with Crippen molar-refractivity contribution >= 4 is 26.5 Å². The number of hydrogen-bond donors (Lipinski definition) is 0. The van der Waals surface area contributed by atoms with E-state index in [-0.39, 0.29) is 12.5 Å². The number of carbonyl (C=O) groups excluding carboxylic acids is 3. The lowest BCUT2D eigenvalue weighted by Gasteiger charge is -2.49. The highest BCUT2D eigenvalue weighted by Crippen LogP contribution is 2.52. The van der Waals surface area contributed by atoms with E-state index in [1.54, 1.807) is 26.2 Å². The van der Waals surface area contributed by atoms with Gasteiger partial charge in [-0.3, -0.25) is 9.59 Å². The number of benzene rings is 1. The van der Waals surface area contributed by atoms with Gasteiger partial charge in [-0.2, -0.15) is 0 Å². The van der Waals surface area contributed by atoms with Crippen molar-refractivity contribution in [2.24, 2.45) is 5.92 Å². The molecule has 2 fully saturated rings. The summed E-state index contributed by atoms with van der Waals surface area (Å²) in [4.78, 5) is 40.1. The van der Waals surface area contributed by atoms with Gasteiger partial charge < -0.3 is 18.8 Å². The first kappa shape index (κ1) is 20.5. The van der Waals surface area contributed by atoms with Crippen LogP contribution in [-0.2, 0) is 30.1 Å². The van der Waals surface area contributed by atoms with E-state index in [0.717, 1.165) is 11.6 Å². The van der Waals surface area contributed by atoms with Gasteiger partial charge in [-0.05, 0) is 50.2 Å². The number of hydrogen-bond acceptors (Lipinski definition) is 6. The summed E-state index contributed by atoms with van der Waals surface area (Å²) in [5.41, 5.74) is -2.28. The van der Waals surface area contributed by atoms with E-state index in [9.17, 15) is 14.4 Å². The Balaban J connectivity index is 2.09. The van der Waals surface area contributed by atoms with Gasteiger partial charge in [0.2, 0.25) is 11.4 Å². The minimum absolute atomic E-state index is 0.105. The summed E-state index contributed by atoms with van der Waals surface area (Å²) < 4.78 is 16.6. The van der Waals surface area contributed by atoms with E-state index >= 15 is 0 Å². The number of carbonyl (C=O) groups is 3. The third-order valence-electron chi connectivity index (χ3n) is 6.10. The van der Waals surface area contributed by atoms with Crippen LogP contribution in [0.15, 0.2) is 24.3 Å². The topological polar surface area (TPSA) is 82.1 Å². The van der Waals surface area contributed by atoms with Crippen molar-refractivity contribution in [3.8, 4) is 5.75 Å². The molecule has 2 aliphatic heterocycles. The molecular formula is C20H27NO6Si. The smallest absolute Gasteiger partial charge is 0.342 e. The fraction of sp³-hybridized carbons (Fsp3) is 0.550. The molecule has 2 saturated heterocycles. The van der Waals surface area contributed by atoms with E-state index in [4.69, 9.17) is 13.9 Å². The molecule has 0 radical (unpaired) electrons. The van der Waals surface area contributed by atoms with Crippen LogP contribution < -0.4 is 4.74 Å². The summed E-state index contributed by atoms with van der Waals surface area (Å²) in [5.74, 6) is -0.889. The van der Waals surface area contributed by atoms with Crippen molar-refractivity contribution in [2.75, 3.05) is 14.2 Å². The average molecular weight is 406 g/mol. The van der Waals surface area contributed by atoms with Crippen LogP contribution in [0.2, 0.25) is 19.1 Å². The summed E-state index contributed by atoms with van der Waals surface area (Å²) in [6.07, 6.45) is 1.14. The molecule has 0 aromatic heterocycles. The first-order chi connectivity index (χ1) is 13.1. The first-order valence-corrected chi connectivity index (χ1v) is 12.5. The fourth-order valence-electron chi connectivity index (χ4n) is 4.61. The van der Waals surface area contributed by atoms with Crippen molar-refractivity contribution in [2.45, 2.75) is 50.2 Å². The predicted molar refractivity (Wildman–Crippen MR) is 104 cm³/mol. The van der Waals surface area contributed by atoms with Crippen molar-refractivity contribution in [3.05, 3.63) is 29.8 Å². The van der Waals surface area contributed by atoms with Gasteiger partial charge in [-0.15, -0.1) is 0 Å². The van der Waals surface area contributed by atoms with Crippen LogP contribution in [0.4, 0.5) is 0 Å². The van der Waals surface area contributed by atoms with Crippen LogP contribution in [0, 0.1) is 5.92 Å². The Morgan fingerprint density at radius 3 is 2.50 bits per heavy atom. The molecule has 0 unspecified atom stereocenters. The lowest BCUT2D eigenvalue weighted by atomic mass is 9.76. The number of nitrogens with zero attached hydrogens (tertiary/aromatic N) is 1. The molecule has 3 atom stereocenters. The van der Waals surface area contributed by atoms with Crippen LogP contribution in [-0.4, -0.2) is 56.7 Å². The monoisotopic (exact) mass is 405 g/mol. The second-order valence-electron chi connectivity index (χ2n) is 8.21. The Hall–Kier alpha value is -2.19. The van der Waals surface area contributed by atoms with Gasteiger partial charge in [0.1, 0.15) is 11.4 Å². The van der Waals surface area contributed by atoms with Crippen molar-refractivity contribution in [1.82, 2.24) is 4.90 Å². The summed E-state index contributed by atoms with van der Waals surface area (Å²) in [6, 6.07) is 7.97. The largest absolute Gasteiger partial charge is 0.497 e. The highest BCUT2D eigenvalue weighted by atomic mass is 28.4. The SMILES string of the molecule is COC(=O)[C@@]1(C=O)N(Cc2ccc(OC)cc2)C(=O)[C@@H]2CC[Si](C)(C)O[C@@]21C. The lowest BCUT2D eigenvalue weighted by molar-refractivity contribution is -0.170.